The van der Waals surface area contributed by atoms with Gasteiger partial charge in [0.15, 0.2) is 11.7 Å². The summed E-state index contributed by atoms with van der Waals surface area (Å²) in [5.74, 6) is 0.900. The number of hydrogen-bond donors (Lipinski definition) is 3. The number of rotatable bonds is 8. The van der Waals surface area contributed by atoms with Gasteiger partial charge in [-0.2, -0.15) is 0 Å². The Kier molecular flexibility index (Phi) is 7.07. The Labute approximate surface area is 148 Å². The number of aliphatic imine (C=N–C) groups is 1. The van der Waals surface area contributed by atoms with E-state index in [1.54, 1.807) is 12.1 Å². The lowest BCUT2D eigenvalue weighted by atomic mass is 10.1. The minimum Gasteiger partial charge on any atom is -0.454 e. The van der Waals surface area contributed by atoms with Crippen LogP contribution in [0.3, 0.4) is 0 Å². The highest BCUT2D eigenvalue weighted by atomic mass is 16.3. The quantitative estimate of drug-likeness (QED) is 0.507. The molecule has 25 heavy (non-hydrogen) atoms. The number of carbonyl (C=O) groups is 1. The van der Waals surface area contributed by atoms with Crippen LogP contribution in [0.1, 0.15) is 42.1 Å². The normalized spacial score (nSPS) is 12.6. The van der Waals surface area contributed by atoms with Crippen LogP contribution < -0.4 is 16.4 Å². The fraction of sp³-hybridized carbons (Fsp3) is 0.368. The van der Waals surface area contributed by atoms with Crippen molar-refractivity contribution >= 4 is 11.9 Å². The van der Waals surface area contributed by atoms with E-state index in [0.717, 1.165) is 25.3 Å². The second kappa shape index (κ2) is 9.52. The minimum absolute atomic E-state index is 0.152. The SMILES string of the molecule is CCNC(=NCc1ccc(C(N)=O)o1)NC(C)CCc1ccccc1. The first-order chi connectivity index (χ1) is 12.1. The number of amides is 1. The summed E-state index contributed by atoms with van der Waals surface area (Å²) in [6.07, 6.45) is 2.01. The van der Waals surface area contributed by atoms with Gasteiger partial charge in [-0.15, -0.1) is 0 Å². The number of nitrogens with two attached hydrogens (primary N) is 1. The summed E-state index contributed by atoms with van der Waals surface area (Å²) in [5.41, 5.74) is 6.51. The molecule has 0 saturated heterocycles. The van der Waals surface area contributed by atoms with Crippen LogP contribution in [0.25, 0.3) is 0 Å². The van der Waals surface area contributed by atoms with Crippen molar-refractivity contribution in [3.63, 3.8) is 0 Å². The monoisotopic (exact) mass is 342 g/mol. The molecule has 6 heteroatoms. The summed E-state index contributed by atoms with van der Waals surface area (Å²) < 4.78 is 5.35. The maximum Gasteiger partial charge on any atom is 0.284 e. The Hall–Kier alpha value is -2.76. The van der Waals surface area contributed by atoms with Crippen molar-refractivity contribution < 1.29 is 9.21 Å². The third kappa shape index (κ3) is 6.33. The zero-order valence-electron chi connectivity index (χ0n) is 14.8. The van der Waals surface area contributed by atoms with Gasteiger partial charge in [-0.3, -0.25) is 4.79 Å². The van der Waals surface area contributed by atoms with Crippen molar-refractivity contribution in [3.8, 4) is 0 Å². The van der Waals surface area contributed by atoms with Crippen LogP contribution in [0, 0.1) is 0 Å². The lowest BCUT2D eigenvalue weighted by Gasteiger charge is -2.17. The molecule has 0 aliphatic carbocycles. The molecule has 2 rings (SSSR count). The van der Waals surface area contributed by atoms with Gasteiger partial charge >= 0.3 is 0 Å². The Morgan fingerprint density at radius 2 is 2.00 bits per heavy atom. The summed E-state index contributed by atoms with van der Waals surface area (Å²) in [6.45, 7) is 5.26. The summed E-state index contributed by atoms with van der Waals surface area (Å²) in [7, 11) is 0. The van der Waals surface area contributed by atoms with Crippen molar-refractivity contribution in [2.45, 2.75) is 39.3 Å². The summed E-state index contributed by atoms with van der Waals surface area (Å²) >= 11 is 0. The highest BCUT2D eigenvalue weighted by molar-refractivity contribution is 5.89. The van der Waals surface area contributed by atoms with E-state index in [9.17, 15) is 4.79 Å². The topological polar surface area (TPSA) is 92.6 Å². The first-order valence-electron chi connectivity index (χ1n) is 8.55. The Morgan fingerprint density at radius 3 is 2.64 bits per heavy atom. The van der Waals surface area contributed by atoms with E-state index in [1.807, 2.05) is 13.0 Å². The van der Waals surface area contributed by atoms with Gasteiger partial charge in [0.2, 0.25) is 0 Å². The summed E-state index contributed by atoms with van der Waals surface area (Å²) in [6, 6.07) is 14.0. The van der Waals surface area contributed by atoms with Crippen molar-refractivity contribution in [2.75, 3.05) is 6.54 Å². The molecule has 4 N–H and O–H groups in total. The van der Waals surface area contributed by atoms with Crippen LogP contribution >= 0.6 is 0 Å². The Balaban J connectivity index is 1.88. The number of hydrogen-bond acceptors (Lipinski definition) is 3. The number of carbonyl (C=O) groups excluding carboxylic acids is 1. The van der Waals surface area contributed by atoms with Gasteiger partial charge in [0.05, 0.1) is 0 Å². The summed E-state index contributed by atoms with van der Waals surface area (Å²) in [5, 5.41) is 6.61. The van der Waals surface area contributed by atoms with Crippen LogP contribution in [0.15, 0.2) is 51.9 Å². The van der Waals surface area contributed by atoms with E-state index in [0.29, 0.717) is 12.3 Å². The fourth-order valence-electron chi connectivity index (χ4n) is 2.41. The van der Waals surface area contributed by atoms with Crippen molar-refractivity contribution in [3.05, 3.63) is 59.5 Å². The molecular weight excluding hydrogens is 316 g/mol. The van der Waals surface area contributed by atoms with Gasteiger partial charge in [0.25, 0.3) is 5.91 Å². The molecule has 0 spiro atoms. The highest BCUT2D eigenvalue weighted by Crippen LogP contribution is 2.08. The Bertz CT molecular complexity index is 694. The zero-order valence-corrected chi connectivity index (χ0v) is 14.8. The predicted octanol–water partition coefficient (Wildman–Crippen LogP) is 2.45. The van der Waals surface area contributed by atoms with Gasteiger partial charge in [0.1, 0.15) is 12.3 Å². The van der Waals surface area contributed by atoms with E-state index in [2.05, 4.69) is 46.8 Å². The lowest BCUT2D eigenvalue weighted by Crippen LogP contribution is -2.42. The van der Waals surface area contributed by atoms with Gasteiger partial charge in [-0.25, -0.2) is 4.99 Å². The van der Waals surface area contributed by atoms with Crippen molar-refractivity contribution in [1.82, 2.24) is 10.6 Å². The second-order valence-electron chi connectivity index (χ2n) is 5.90. The van der Waals surface area contributed by atoms with E-state index in [-0.39, 0.29) is 11.8 Å². The molecule has 6 nitrogen and oxygen atoms in total. The number of aryl methyl sites for hydroxylation is 1. The molecule has 2 aromatic rings. The number of nitrogens with zero attached hydrogens (tertiary/aromatic N) is 1. The Morgan fingerprint density at radius 1 is 1.24 bits per heavy atom. The molecule has 1 heterocycles. The van der Waals surface area contributed by atoms with Gasteiger partial charge in [-0.05, 0) is 44.4 Å². The molecule has 1 atom stereocenters. The molecule has 0 aliphatic rings. The fourth-order valence-corrected chi connectivity index (χ4v) is 2.41. The number of primary amides is 1. The first-order valence-corrected chi connectivity index (χ1v) is 8.55. The zero-order chi connectivity index (χ0) is 18.1. The number of furan rings is 1. The molecule has 0 radical (unpaired) electrons. The minimum atomic E-state index is -0.574. The second-order valence-corrected chi connectivity index (χ2v) is 5.90. The molecule has 0 aliphatic heterocycles. The van der Waals surface area contributed by atoms with Crippen molar-refractivity contribution in [1.29, 1.82) is 0 Å². The smallest absolute Gasteiger partial charge is 0.284 e. The predicted molar refractivity (Wildman–Crippen MR) is 99.4 cm³/mol. The standard InChI is InChI=1S/C19H26N4O2/c1-3-21-19(22-13-16-11-12-17(25-16)18(20)24)23-14(2)9-10-15-7-5-4-6-8-15/h4-8,11-12,14H,3,9-10,13H2,1-2H3,(H2,20,24)(H2,21,22,23). The average molecular weight is 342 g/mol. The average Bonchev–Trinajstić information content (AvgIpc) is 3.08. The lowest BCUT2D eigenvalue weighted by molar-refractivity contribution is 0.0972. The van der Waals surface area contributed by atoms with Crippen LogP contribution in [-0.2, 0) is 13.0 Å². The third-order valence-electron chi connectivity index (χ3n) is 3.73. The molecular formula is C19H26N4O2. The molecule has 1 unspecified atom stereocenters. The van der Waals surface area contributed by atoms with Gasteiger partial charge in [-0.1, -0.05) is 30.3 Å². The van der Waals surface area contributed by atoms with E-state index in [4.69, 9.17) is 10.2 Å². The highest BCUT2D eigenvalue weighted by Gasteiger charge is 2.08. The van der Waals surface area contributed by atoms with Crippen LogP contribution in [0.4, 0.5) is 0 Å². The summed E-state index contributed by atoms with van der Waals surface area (Å²) in [4.78, 5) is 15.6. The molecule has 0 fully saturated rings. The van der Waals surface area contributed by atoms with Crippen molar-refractivity contribution in [2.24, 2.45) is 10.7 Å². The van der Waals surface area contributed by atoms with E-state index in [1.165, 1.54) is 5.56 Å². The van der Waals surface area contributed by atoms with Gasteiger partial charge < -0.3 is 20.8 Å². The number of guanidine groups is 1. The maximum atomic E-state index is 11.1. The number of nitrogens with one attached hydrogen (secondary N) is 2. The maximum absolute atomic E-state index is 11.1. The molecule has 1 aromatic heterocycles. The van der Waals surface area contributed by atoms with Gasteiger partial charge in [0, 0.05) is 12.6 Å². The number of benzene rings is 1. The van der Waals surface area contributed by atoms with Crippen LogP contribution in [0.5, 0.6) is 0 Å². The first kappa shape index (κ1) is 18.6. The van der Waals surface area contributed by atoms with E-state index >= 15 is 0 Å². The third-order valence-corrected chi connectivity index (χ3v) is 3.73. The van der Waals surface area contributed by atoms with Crippen LogP contribution in [-0.4, -0.2) is 24.5 Å². The molecule has 1 amide bonds. The molecule has 0 saturated carbocycles. The molecule has 134 valence electrons. The molecule has 0 bridgehead atoms. The molecule has 1 aromatic carbocycles. The largest absolute Gasteiger partial charge is 0.454 e. The van der Waals surface area contributed by atoms with Crippen LogP contribution in [0.2, 0.25) is 0 Å². The van der Waals surface area contributed by atoms with E-state index < -0.39 is 5.91 Å².